The summed E-state index contributed by atoms with van der Waals surface area (Å²) in [5, 5.41) is 0.410. The number of carbonyl (C=O) groups is 1. The zero-order valence-electron chi connectivity index (χ0n) is 12.0. The Balaban J connectivity index is 2.11. The third-order valence-electron chi connectivity index (χ3n) is 2.92. The highest BCUT2D eigenvalue weighted by Crippen LogP contribution is 2.26. The Morgan fingerprint density at radius 3 is 2.43 bits per heavy atom. The van der Waals surface area contributed by atoms with Gasteiger partial charge in [0.2, 0.25) is 10.0 Å². The van der Waals surface area contributed by atoms with Gasteiger partial charge in [-0.3, -0.25) is 4.72 Å². The van der Waals surface area contributed by atoms with E-state index in [0.717, 1.165) is 0 Å². The number of hydrogen-bond acceptors (Lipinski definition) is 4. The maximum atomic E-state index is 12.2. The second-order valence-electron chi connectivity index (χ2n) is 4.68. The molecule has 23 heavy (non-hydrogen) atoms. The lowest BCUT2D eigenvalue weighted by molar-refractivity contribution is 0.0600. The molecule has 0 unspecified atom stereocenters. The molecule has 0 spiro atoms. The van der Waals surface area contributed by atoms with Crippen molar-refractivity contribution in [2.45, 2.75) is 5.75 Å². The van der Waals surface area contributed by atoms with Crippen LogP contribution < -0.4 is 4.72 Å². The number of benzene rings is 2. The lowest BCUT2D eigenvalue weighted by Crippen LogP contribution is -2.15. The van der Waals surface area contributed by atoms with Crippen LogP contribution in [-0.2, 0) is 20.5 Å². The van der Waals surface area contributed by atoms with Crippen molar-refractivity contribution in [1.82, 2.24) is 0 Å². The van der Waals surface area contributed by atoms with Gasteiger partial charge in [0.05, 0.1) is 29.1 Å². The van der Waals surface area contributed by atoms with Gasteiger partial charge in [-0.25, -0.2) is 13.2 Å². The summed E-state index contributed by atoms with van der Waals surface area (Å²) in [6.45, 7) is 0. The molecule has 0 heterocycles. The fourth-order valence-corrected chi connectivity index (χ4v) is 3.47. The molecule has 2 rings (SSSR count). The van der Waals surface area contributed by atoms with Crippen molar-refractivity contribution in [2.75, 3.05) is 11.8 Å². The quantitative estimate of drug-likeness (QED) is 0.749. The van der Waals surface area contributed by atoms with Crippen molar-refractivity contribution in [3.8, 4) is 0 Å². The number of nitrogens with one attached hydrogen (secondary N) is 1. The topological polar surface area (TPSA) is 72.5 Å². The van der Waals surface area contributed by atoms with E-state index in [-0.39, 0.29) is 5.75 Å². The van der Waals surface area contributed by atoms with E-state index in [2.05, 4.69) is 25.4 Å². The molecule has 0 saturated carbocycles. The first kappa shape index (κ1) is 17.8. The summed E-state index contributed by atoms with van der Waals surface area (Å²) in [5.74, 6) is -0.690. The van der Waals surface area contributed by atoms with E-state index in [1.54, 1.807) is 24.3 Å². The maximum absolute atomic E-state index is 12.2. The minimum Gasteiger partial charge on any atom is -0.465 e. The zero-order chi connectivity index (χ0) is 17.0. The molecule has 0 amide bonds. The summed E-state index contributed by atoms with van der Waals surface area (Å²) in [7, 11) is -2.31. The molecule has 0 saturated heterocycles. The van der Waals surface area contributed by atoms with E-state index >= 15 is 0 Å². The molecule has 122 valence electrons. The number of methoxy groups -OCH3 is 1. The third kappa shape index (κ3) is 4.95. The fraction of sp³-hybridized carbons (Fsp3) is 0.133. The predicted octanol–water partition coefficient (Wildman–Crippen LogP) is 3.83. The number of halogens is 2. The molecule has 0 aliphatic rings. The average Bonchev–Trinajstić information content (AvgIpc) is 2.50. The van der Waals surface area contributed by atoms with Gasteiger partial charge in [-0.1, -0.05) is 23.7 Å². The summed E-state index contributed by atoms with van der Waals surface area (Å²) in [4.78, 5) is 11.3. The Morgan fingerprint density at radius 1 is 1.22 bits per heavy atom. The SMILES string of the molecule is COC(=O)c1ccc(CS(=O)(=O)Nc2ccc(Br)c(Cl)c2)cc1. The smallest absolute Gasteiger partial charge is 0.337 e. The predicted molar refractivity (Wildman–Crippen MR) is 93.2 cm³/mol. The van der Waals surface area contributed by atoms with Crippen molar-refractivity contribution < 1.29 is 17.9 Å². The van der Waals surface area contributed by atoms with Crippen LogP contribution in [0.5, 0.6) is 0 Å². The number of ether oxygens (including phenoxy) is 1. The van der Waals surface area contributed by atoms with Gasteiger partial charge in [0.25, 0.3) is 0 Å². The van der Waals surface area contributed by atoms with Crippen LogP contribution in [0, 0.1) is 0 Å². The van der Waals surface area contributed by atoms with Gasteiger partial charge in [-0.05, 0) is 51.8 Å². The molecule has 1 N–H and O–H groups in total. The van der Waals surface area contributed by atoms with Crippen LogP contribution in [0.15, 0.2) is 46.9 Å². The van der Waals surface area contributed by atoms with Crippen LogP contribution in [0.4, 0.5) is 5.69 Å². The van der Waals surface area contributed by atoms with Crippen molar-refractivity contribution in [3.05, 3.63) is 63.1 Å². The number of anilines is 1. The zero-order valence-corrected chi connectivity index (χ0v) is 15.2. The average molecular weight is 419 g/mol. The molecule has 8 heteroatoms. The molecule has 5 nitrogen and oxygen atoms in total. The summed E-state index contributed by atoms with van der Waals surface area (Å²) in [6.07, 6.45) is 0. The molecule has 0 atom stereocenters. The Kier molecular flexibility index (Phi) is 5.67. The Hall–Kier alpha value is -1.57. The van der Waals surface area contributed by atoms with Crippen molar-refractivity contribution in [2.24, 2.45) is 0 Å². The second-order valence-corrected chi connectivity index (χ2v) is 7.66. The summed E-state index contributed by atoms with van der Waals surface area (Å²) in [5.41, 5.74) is 1.29. The molecule has 2 aromatic rings. The Bertz CT molecular complexity index is 822. The van der Waals surface area contributed by atoms with E-state index in [4.69, 9.17) is 11.6 Å². The molecular weight excluding hydrogens is 406 g/mol. The van der Waals surface area contributed by atoms with Gasteiger partial charge >= 0.3 is 5.97 Å². The first-order chi connectivity index (χ1) is 10.8. The van der Waals surface area contributed by atoms with Crippen LogP contribution in [-0.4, -0.2) is 21.5 Å². The van der Waals surface area contributed by atoms with E-state index in [1.807, 2.05) is 0 Å². The maximum Gasteiger partial charge on any atom is 0.337 e. The van der Waals surface area contributed by atoms with Crippen LogP contribution in [0.2, 0.25) is 5.02 Å². The van der Waals surface area contributed by atoms with Crippen LogP contribution in [0.3, 0.4) is 0 Å². The number of rotatable bonds is 5. The minimum absolute atomic E-state index is 0.220. The highest BCUT2D eigenvalue weighted by Gasteiger charge is 2.13. The normalized spacial score (nSPS) is 11.1. The van der Waals surface area contributed by atoms with Gasteiger partial charge in [0.1, 0.15) is 0 Å². The van der Waals surface area contributed by atoms with Crippen LogP contribution >= 0.6 is 27.5 Å². The molecule has 0 aromatic heterocycles. The first-order valence-corrected chi connectivity index (χ1v) is 9.26. The van der Waals surface area contributed by atoms with Gasteiger partial charge in [0.15, 0.2) is 0 Å². The van der Waals surface area contributed by atoms with Crippen molar-refractivity contribution in [1.29, 1.82) is 0 Å². The Labute approximate surface area is 147 Å². The lowest BCUT2D eigenvalue weighted by Gasteiger charge is -2.09. The fourth-order valence-electron chi connectivity index (χ4n) is 1.85. The van der Waals surface area contributed by atoms with E-state index in [9.17, 15) is 13.2 Å². The van der Waals surface area contributed by atoms with E-state index in [1.165, 1.54) is 25.3 Å². The Morgan fingerprint density at radius 2 is 1.87 bits per heavy atom. The second kappa shape index (κ2) is 7.33. The van der Waals surface area contributed by atoms with Gasteiger partial charge in [-0.15, -0.1) is 0 Å². The monoisotopic (exact) mass is 417 g/mol. The largest absolute Gasteiger partial charge is 0.465 e. The number of hydrogen-bond donors (Lipinski definition) is 1. The minimum atomic E-state index is -3.60. The molecule has 0 bridgehead atoms. The summed E-state index contributed by atoms with van der Waals surface area (Å²) < 4.78 is 32.1. The lowest BCUT2D eigenvalue weighted by atomic mass is 10.1. The van der Waals surface area contributed by atoms with Crippen LogP contribution in [0.1, 0.15) is 15.9 Å². The van der Waals surface area contributed by atoms with E-state index in [0.29, 0.717) is 26.3 Å². The van der Waals surface area contributed by atoms with Crippen molar-refractivity contribution in [3.63, 3.8) is 0 Å². The highest BCUT2D eigenvalue weighted by atomic mass is 79.9. The van der Waals surface area contributed by atoms with Crippen LogP contribution in [0.25, 0.3) is 0 Å². The van der Waals surface area contributed by atoms with E-state index < -0.39 is 16.0 Å². The molecule has 0 radical (unpaired) electrons. The highest BCUT2D eigenvalue weighted by molar-refractivity contribution is 9.10. The van der Waals surface area contributed by atoms with Crippen molar-refractivity contribution >= 4 is 49.2 Å². The van der Waals surface area contributed by atoms with Gasteiger partial charge < -0.3 is 4.74 Å². The summed E-state index contributed by atoms with van der Waals surface area (Å²) >= 11 is 9.18. The summed E-state index contributed by atoms with van der Waals surface area (Å²) in [6, 6.07) is 11.0. The first-order valence-electron chi connectivity index (χ1n) is 6.43. The van der Waals surface area contributed by atoms with Gasteiger partial charge in [0, 0.05) is 4.47 Å². The molecule has 2 aromatic carbocycles. The number of sulfonamides is 1. The van der Waals surface area contributed by atoms with Gasteiger partial charge in [-0.2, -0.15) is 0 Å². The number of esters is 1. The molecule has 0 aliphatic heterocycles. The third-order valence-corrected chi connectivity index (χ3v) is 5.42. The standard InChI is InChI=1S/C15H13BrClNO4S/c1-22-15(19)11-4-2-10(3-5-11)9-23(20,21)18-12-6-7-13(16)14(17)8-12/h2-8,18H,9H2,1H3. The molecule has 0 aliphatic carbocycles. The molecule has 0 fully saturated rings. The molecular formula is C15H13BrClNO4S. The number of carbonyl (C=O) groups excluding carboxylic acids is 1.